The maximum absolute atomic E-state index is 13.7. The maximum Gasteiger partial charge on any atom is 0.254 e. The van der Waals surface area contributed by atoms with Crippen LogP contribution in [0.5, 0.6) is 0 Å². The van der Waals surface area contributed by atoms with Crippen LogP contribution in [0.15, 0.2) is 82.1 Å². The van der Waals surface area contributed by atoms with Gasteiger partial charge in [-0.15, -0.1) is 0 Å². The van der Waals surface area contributed by atoms with Crippen molar-refractivity contribution in [1.29, 1.82) is 0 Å². The molecule has 0 unspecified atom stereocenters. The SMILES string of the molecule is CCCc1cc(C)oc(-c2ccc(F)cc2)c(C(=O)NC)ccc1-c1cccc(C(=O)NC(C)(C)c2ncon2)c1. The minimum atomic E-state index is -0.855. The van der Waals surface area contributed by atoms with Crippen molar-refractivity contribution in [3.05, 3.63) is 107 Å². The first-order valence-corrected chi connectivity index (χ1v) is 13.3. The van der Waals surface area contributed by atoms with Crippen molar-refractivity contribution >= 4 is 11.8 Å². The highest BCUT2D eigenvalue weighted by Crippen LogP contribution is 2.29. The van der Waals surface area contributed by atoms with Gasteiger partial charge in [-0.1, -0.05) is 36.7 Å². The van der Waals surface area contributed by atoms with Crippen LogP contribution in [-0.4, -0.2) is 29.0 Å². The monoisotopic (exact) mass is 556 g/mol. The molecule has 2 N–H and O–H groups in total. The summed E-state index contributed by atoms with van der Waals surface area (Å²) in [4.78, 5) is 30.4. The van der Waals surface area contributed by atoms with Gasteiger partial charge in [-0.25, -0.2) is 4.39 Å². The first-order valence-electron chi connectivity index (χ1n) is 13.3. The van der Waals surface area contributed by atoms with Gasteiger partial charge < -0.3 is 19.6 Å². The molecule has 0 spiro atoms. The van der Waals surface area contributed by atoms with Gasteiger partial charge >= 0.3 is 0 Å². The Morgan fingerprint density at radius 1 is 0.976 bits per heavy atom. The van der Waals surface area contributed by atoms with Crippen LogP contribution in [-0.2, 0) is 12.0 Å². The molecule has 0 aliphatic rings. The minimum Gasteiger partial charge on any atom is -0.461 e. The Morgan fingerprint density at radius 2 is 1.73 bits per heavy atom. The van der Waals surface area contributed by atoms with Crippen molar-refractivity contribution in [3.63, 3.8) is 0 Å². The Balaban J connectivity index is 1.88. The Hall–Kier alpha value is -4.79. The summed E-state index contributed by atoms with van der Waals surface area (Å²) >= 11 is 0. The number of rotatable bonds is 8. The van der Waals surface area contributed by atoms with E-state index in [1.54, 1.807) is 38.1 Å². The molecule has 9 heteroatoms. The van der Waals surface area contributed by atoms with Crippen LogP contribution >= 0.6 is 0 Å². The Morgan fingerprint density at radius 3 is 2.39 bits per heavy atom. The van der Waals surface area contributed by atoms with E-state index in [1.165, 1.54) is 25.6 Å². The second kappa shape index (κ2) is 12.6. The zero-order valence-electron chi connectivity index (χ0n) is 23.7. The highest BCUT2D eigenvalue weighted by Gasteiger charge is 2.28. The smallest absolute Gasteiger partial charge is 0.254 e. The lowest BCUT2D eigenvalue weighted by atomic mass is 9.96. The predicted octanol–water partition coefficient (Wildman–Crippen LogP) is 6.55. The Labute approximate surface area is 238 Å². The lowest BCUT2D eigenvalue weighted by molar-refractivity contribution is 0.0906. The van der Waals surface area contributed by atoms with Gasteiger partial charge in [0.15, 0.2) is 5.82 Å². The number of benzene rings is 2. The van der Waals surface area contributed by atoms with Crippen molar-refractivity contribution in [3.8, 4) is 22.5 Å². The van der Waals surface area contributed by atoms with Gasteiger partial charge in [0.05, 0.1) is 11.1 Å². The van der Waals surface area contributed by atoms with Gasteiger partial charge in [-0.2, -0.15) is 4.98 Å². The fourth-order valence-electron chi connectivity index (χ4n) is 4.49. The van der Waals surface area contributed by atoms with Crippen LogP contribution in [0.1, 0.15) is 65.1 Å². The topological polar surface area (TPSA) is 110 Å². The van der Waals surface area contributed by atoms with E-state index < -0.39 is 5.54 Å². The summed E-state index contributed by atoms with van der Waals surface area (Å²) in [6.45, 7) is 7.48. The summed E-state index contributed by atoms with van der Waals surface area (Å²) in [6, 6.07) is 18.6. The molecule has 4 aromatic rings. The molecule has 8 nitrogen and oxygen atoms in total. The van der Waals surface area contributed by atoms with Crippen molar-refractivity contribution in [2.45, 2.75) is 46.1 Å². The average Bonchev–Trinajstić information content (AvgIpc) is 3.52. The first-order chi connectivity index (χ1) is 19.6. The molecule has 2 amide bonds. The fraction of sp³-hybridized carbons (Fsp3) is 0.250. The van der Waals surface area contributed by atoms with Gasteiger partial charge in [-0.3, -0.25) is 9.59 Å². The zero-order valence-corrected chi connectivity index (χ0v) is 23.7. The van der Waals surface area contributed by atoms with E-state index >= 15 is 0 Å². The number of nitrogens with zero attached hydrogens (tertiary/aromatic N) is 2. The first kappa shape index (κ1) is 29.2. The number of hydrogen-bond donors (Lipinski definition) is 2. The molecule has 0 fully saturated rings. The molecule has 2 aromatic carbocycles. The van der Waals surface area contributed by atoms with Gasteiger partial charge in [-0.05, 0) is 92.4 Å². The number of aromatic nitrogens is 2. The van der Waals surface area contributed by atoms with Crippen molar-refractivity contribution in [2.75, 3.05) is 7.05 Å². The molecular weight excluding hydrogens is 523 g/mol. The van der Waals surface area contributed by atoms with Crippen molar-refractivity contribution in [2.24, 2.45) is 0 Å². The number of hydrogen-bond acceptors (Lipinski definition) is 6. The number of aryl methyl sites for hydroxylation is 2. The number of carbonyl (C=O) groups excluding carboxylic acids is 2. The lowest BCUT2D eigenvalue weighted by Gasteiger charge is -2.22. The molecule has 2 heterocycles. The summed E-state index contributed by atoms with van der Waals surface area (Å²) in [5.74, 6) is 0.185. The Kier molecular flexibility index (Phi) is 8.97. The second-order valence-electron chi connectivity index (χ2n) is 10.1. The quantitative estimate of drug-likeness (QED) is 0.255. The largest absolute Gasteiger partial charge is 0.461 e. The summed E-state index contributed by atoms with van der Waals surface area (Å²) < 4.78 is 24.8. The second-order valence-corrected chi connectivity index (χ2v) is 10.1. The number of amides is 2. The average molecular weight is 557 g/mol. The molecule has 4 rings (SSSR count). The normalized spacial score (nSPS) is 11.1. The minimum absolute atomic E-state index is 0.276. The van der Waals surface area contributed by atoms with Crippen LogP contribution in [0.3, 0.4) is 0 Å². The molecule has 0 atom stereocenters. The van der Waals surface area contributed by atoms with E-state index in [2.05, 4.69) is 27.7 Å². The highest BCUT2D eigenvalue weighted by atomic mass is 19.1. The third-order valence-corrected chi connectivity index (χ3v) is 6.53. The summed E-state index contributed by atoms with van der Waals surface area (Å²) in [5, 5.41) is 9.49. The van der Waals surface area contributed by atoms with Crippen LogP contribution in [0.25, 0.3) is 22.5 Å². The van der Waals surface area contributed by atoms with Gasteiger partial charge in [0.2, 0.25) is 6.39 Å². The molecule has 2 aromatic heterocycles. The molecule has 0 bridgehead atoms. The number of carbonyl (C=O) groups is 2. The molecular formula is C32H33FN4O4. The van der Waals surface area contributed by atoms with Crippen LogP contribution < -0.4 is 10.6 Å². The summed E-state index contributed by atoms with van der Waals surface area (Å²) in [6.07, 6.45) is 2.80. The zero-order chi connectivity index (χ0) is 29.6. The van der Waals surface area contributed by atoms with Crippen molar-refractivity contribution < 1.29 is 22.9 Å². The van der Waals surface area contributed by atoms with E-state index in [9.17, 15) is 14.0 Å². The van der Waals surface area contributed by atoms with Crippen LogP contribution in [0.2, 0.25) is 0 Å². The molecule has 0 radical (unpaired) electrons. The van der Waals surface area contributed by atoms with E-state index in [0.717, 1.165) is 29.5 Å². The van der Waals surface area contributed by atoms with Gasteiger partial charge in [0.25, 0.3) is 11.8 Å². The van der Waals surface area contributed by atoms with Gasteiger partial charge in [0, 0.05) is 18.2 Å². The van der Waals surface area contributed by atoms with Crippen LogP contribution in [0.4, 0.5) is 4.39 Å². The third-order valence-electron chi connectivity index (χ3n) is 6.53. The summed E-state index contributed by atoms with van der Waals surface area (Å²) in [7, 11) is 1.54. The molecule has 0 saturated carbocycles. The lowest BCUT2D eigenvalue weighted by Crippen LogP contribution is -2.41. The van der Waals surface area contributed by atoms with E-state index in [1.807, 2.05) is 37.3 Å². The Bertz CT molecular complexity index is 1590. The predicted molar refractivity (Wildman–Crippen MR) is 154 cm³/mol. The number of halogens is 1. The standard InChI is InChI=1S/C32H33FN4O4/c1-6-8-22-17-20(2)41-28(21-11-13-25(33)14-12-21)27(30(39)34-5)16-15-26(22)23-9-7-10-24(18-23)29(38)36-32(3,4)31-35-19-40-37-31/h7,9-19H,6,8H2,1-5H3,(H,34,39)(H,36,38). The molecule has 0 aliphatic carbocycles. The third kappa shape index (κ3) is 6.87. The molecule has 41 heavy (non-hydrogen) atoms. The highest BCUT2D eigenvalue weighted by molar-refractivity contribution is 5.99. The van der Waals surface area contributed by atoms with Gasteiger partial charge in [0.1, 0.15) is 17.3 Å². The number of nitrogens with one attached hydrogen (secondary N) is 2. The van der Waals surface area contributed by atoms with Crippen LogP contribution in [0, 0.1) is 12.7 Å². The molecule has 212 valence electrons. The van der Waals surface area contributed by atoms with Crippen molar-refractivity contribution in [1.82, 2.24) is 20.8 Å². The van der Waals surface area contributed by atoms with E-state index in [0.29, 0.717) is 28.5 Å². The fourth-order valence-corrected chi connectivity index (χ4v) is 4.49. The van der Waals surface area contributed by atoms with E-state index in [-0.39, 0.29) is 23.2 Å². The molecule has 0 saturated heterocycles. The maximum atomic E-state index is 13.7. The van der Waals surface area contributed by atoms with E-state index in [4.69, 9.17) is 8.94 Å². The summed E-state index contributed by atoms with van der Waals surface area (Å²) in [5.41, 5.74) is 3.03. The molecule has 0 aliphatic heterocycles.